The van der Waals surface area contributed by atoms with Crippen molar-refractivity contribution in [1.82, 2.24) is 4.90 Å². The van der Waals surface area contributed by atoms with Crippen LogP contribution in [0.4, 0.5) is 10.5 Å². The second-order valence-electron chi connectivity index (χ2n) is 4.88. The van der Waals surface area contributed by atoms with Crippen LogP contribution in [-0.2, 0) is 4.74 Å². The number of amides is 1. The van der Waals surface area contributed by atoms with Gasteiger partial charge in [-0.3, -0.25) is 0 Å². The van der Waals surface area contributed by atoms with Crippen molar-refractivity contribution in [2.24, 2.45) is 5.11 Å². The lowest BCUT2D eigenvalue weighted by molar-refractivity contribution is 0.103. The molecule has 1 aliphatic heterocycles. The van der Waals surface area contributed by atoms with Crippen molar-refractivity contribution in [1.29, 1.82) is 0 Å². The van der Waals surface area contributed by atoms with Gasteiger partial charge in [-0.25, -0.2) is 4.79 Å². The van der Waals surface area contributed by atoms with Crippen molar-refractivity contribution in [2.45, 2.75) is 6.92 Å². The molecule has 0 spiro atoms. The van der Waals surface area contributed by atoms with Gasteiger partial charge in [0.05, 0.1) is 13.2 Å². The topological polar surface area (TPSA) is 81.5 Å². The molecule has 112 valence electrons. The Kier molecular flexibility index (Phi) is 5.29. The average molecular weight is 289 g/mol. The number of hydrogen-bond acceptors (Lipinski definition) is 4. The number of ether oxygens (including phenoxy) is 1. The second kappa shape index (κ2) is 7.40. The van der Waals surface area contributed by atoms with Crippen molar-refractivity contribution in [2.75, 3.05) is 44.2 Å². The van der Waals surface area contributed by atoms with Gasteiger partial charge in [-0.05, 0) is 24.6 Å². The zero-order chi connectivity index (χ0) is 15.1. The molecular weight excluding hydrogens is 270 g/mol. The first-order chi connectivity index (χ1) is 10.2. The minimum atomic E-state index is -0.341. The van der Waals surface area contributed by atoms with Crippen molar-refractivity contribution in [3.8, 4) is 0 Å². The largest absolute Gasteiger partial charge is 0.449 e. The number of piperazine rings is 1. The van der Waals surface area contributed by atoms with E-state index in [1.54, 1.807) is 4.90 Å². The molecule has 1 heterocycles. The molecule has 1 amide bonds. The molecule has 1 aliphatic rings. The van der Waals surface area contributed by atoms with E-state index in [2.05, 4.69) is 46.1 Å². The van der Waals surface area contributed by atoms with Crippen molar-refractivity contribution < 1.29 is 9.53 Å². The van der Waals surface area contributed by atoms with Crippen LogP contribution in [0, 0.1) is 6.92 Å². The van der Waals surface area contributed by atoms with Crippen LogP contribution in [0.1, 0.15) is 5.56 Å². The average Bonchev–Trinajstić information content (AvgIpc) is 2.52. The third-order valence-electron chi connectivity index (χ3n) is 3.42. The van der Waals surface area contributed by atoms with Crippen LogP contribution < -0.4 is 4.90 Å². The van der Waals surface area contributed by atoms with E-state index in [-0.39, 0.29) is 19.2 Å². The number of benzene rings is 1. The number of rotatable bonds is 4. The van der Waals surface area contributed by atoms with E-state index < -0.39 is 0 Å². The number of carbonyl (C=O) groups is 1. The maximum Gasteiger partial charge on any atom is 0.409 e. The van der Waals surface area contributed by atoms with Crippen LogP contribution in [0.3, 0.4) is 0 Å². The second-order valence-corrected chi connectivity index (χ2v) is 4.88. The predicted octanol–water partition coefficient (Wildman–Crippen LogP) is 2.56. The van der Waals surface area contributed by atoms with E-state index in [4.69, 9.17) is 10.3 Å². The lowest BCUT2D eigenvalue weighted by atomic mass is 10.2. The zero-order valence-electron chi connectivity index (χ0n) is 12.1. The van der Waals surface area contributed by atoms with E-state index in [0.717, 1.165) is 13.1 Å². The number of aryl methyl sites for hydroxylation is 1. The normalized spacial score (nSPS) is 14.5. The summed E-state index contributed by atoms with van der Waals surface area (Å²) in [5.74, 6) is 0. The fourth-order valence-corrected chi connectivity index (χ4v) is 2.21. The van der Waals surface area contributed by atoms with Gasteiger partial charge in [-0.2, -0.15) is 0 Å². The fourth-order valence-electron chi connectivity index (χ4n) is 2.21. The van der Waals surface area contributed by atoms with Gasteiger partial charge in [-0.15, -0.1) is 0 Å². The molecule has 0 aliphatic carbocycles. The Hall–Kier alpha value is -2.40. The van der Waals surface area contributed by atoms with Gasteiger partial charge in [0.15, 0.2) is 0 Å². The summed E-state index contributed by atoms with van der Waals surface area (Å²) in [4.78, 5) is 18.3. The highest BCUT2D eigenvalue weighted by Crippen LogP contribution is 2.17. The summed E-state index contributed by atoms with van der Waals surface area (Å²) in [6.45, 7) is 5.20. The Labute approximate surface area is 123 Å². The molecule has 0 aromatic heterocycles. The number of anilines is 1. The number of carbonyl (C=O) groups excluding carboxylic acids is 1. The summed E-state index contributed by atoms with van der Waals surface area (Å²) in [5, 5.41) is 3.32. The van der Waals surface area contributed by atoms with Crippen LogP contribution in [-0.4, -0.2) is 50.3 Å². The summed E-state index contributed by atoms with van der Waals surface area (Å²) >= 11 is 0. The van der Waals surface area contributed by atoms with Crippen molar-refractivity contribution in [3.05, 3.63) is 40.3 Å². The molecule has 1 saturated heterocycles. The number of nitrogens with zero attached hydrogens (tertiary/aromatic N) is 5. The summed E-state index contributed by atoms with van der Waals surface area (Å²) < 4.78 is 5.04. The molecule has 21 heavy (non-hydrogen) atoms. The first kappa shape index (κ1) is 15.0. The van der Waals surface area contributed by atoms with Gasteiger partial charge >= 0.3 is 6.09 Å². The summed E-state index contributed by atoms with van der Waals surface area (Å²) in [6.07, 6.45) is -0.341. The first-order valence-electron chi connectivity index (χ1n) is 6.95. The molecule has 0 atom stereocenters. The van der Waals surface area contributed by atoms with Crippen LogP contribution in [0.25, 0.3) is 10.4 Å². The quantitative estimate of drug-likeness (QED) is 0.369. The molecule has 1 aromatic carbocycles. The van der Waals surface area contributed by atoms with Crippen LogP contribution >= 0.6 is 0 Å². The van der Waals surface area contributed by atoms with Crippen LogP contribution in [0.15, 0.2) is 29.4 Å². The van der Waals surface area contributed by atoms with E-state index in [0.29, 0.717) is 13.1 Å². The third-order valence-corrected chi connectivity index (χ3v) is 3.42. The van der Waals surface area contributed by atoms with E-state index >= 15 is 0 Å². The Bertz CT molecular complexity index is 517. The fraction of sp³-hybridized carbons (Fsp3) is 0.500. The predicted molar refractivity (Wildman–Crippen MR) is 80.3 cm³/mol. The molecule has 1 fully saturated rings. The van der Waals surface area contributed by atoms with E-state index in [9.17, 15) is 4.79 Å². The summed E-state index contributed by atoms with van der Waals surface area (Å²) in [5.41, 5.74) is 10.6. The maximum absolute atomic E-state index is 11.8. The third kappa shape index (κ3) is 4.29. The lowest BCUT2D eigenvalue weighted by Crippen LogP contribution is -2.49. The molecule has 0 radical (unpaired) electrons. The van der Waals surface area contributed by atoms with Gasteiger partial charge in [0, 0.05) is 36.8 Å². The molecular formula is C14H19N5O2. The lowest BCUT2D eigenvalue weighted by Gasteiger charge is -2.35. The Morgan fingerprint density at radius 1 is 1.29 bits per heavy atom. The summed E-state index contributed by atoms with van der Waals surface area (Å²) in [7, 11) is 0. The van der Waals surface area contributed by atoms with Gasteiger partial charge in [0.25, 0.3) is 0 Å². The zero-order valence-corrected chi connectivity index (χ0v) is 12.1. The SMILES string of the molecule is Cc1ccc(N2CCN(C(=O)OCCN=[N+]=[N-])CC2)cc1. The van der Waals surface area contributed by atoms with Crippen LogP contribution in [0.2, 0.25) is 0 Å². The molecule has 7 nitrogen and oxygen atoms in total. The minimum Gasteiger partial charge on any atom is -0.449 e. The molecule has 7 heteroatoms. The monoisotopic (exact) mass is 289 g/mol. The van der Waals surface area contributed by atoms with Gasteiger partial charge in [0.2, 0.25) is 0 Å². The standard InChI is InChI=1S/C14H19N5O2/c1-12-2-4-13(5-3-12)18-7-9-19(10-8-18)14(20)21-11-6-16-17-15/h2-5H,6-11H2,1H3. The van der Waals surface area contributed by atoms with Gasteiger partial charge < -0.3 is 14.5 Å². The first-order valence-corrected chi connectivity index (χ1v) is 6.95. The van der Waals surface area contributed by atoms with Crippen molar-refractivity contribution in [3.63, 3.8) is 0 Å². The highest BCUT2D eigenvalue weighted by Gasteiger charge is 2.22. The highest BCUT2D eigenvalue weighted by molar-refractivity contribution is 5.68. The Morgan fingerprint density at radius 2 is 1.95 bits per heavy atom. The molecule has 0 bridgehead atoms. The smallest absolute Gasteiger partial charge is 0.409 e. The van der Waals surface area contributed by atoms with Gasteiger partial charge in [-0.1, -0.05) is 22.8 Å². The van der Waals surface area contributed by atoms with Crippen molar-refractivity contribution >= 4 is 11.8 Å². The molecule has 2 rings (SSSR count). The maximum atomic E-state index is 11.8. The highest BCUT2D eigenvalue weighted by atomic mass is 16.6. The molecule has 0 N–H and O–H groups in total. The van der Waals surface area contributed by atoms with E-state index in [1.165, 1.54) is 11.3 Å². The molecule has 1 aromatic rings. The molecule has 0 saturated carbocycles. The molecule has 0 unspecified atom stereocenters. The Morgan fingerprint density at radius 3 is 2.57 bits per heavy atom. The van der Waals surface area contributed by atoms with Crippen LogP contribution in [0.5, 0.6) is 0 Å². The number of azide groups is 1. The number of hydrogen-bond donors (Lipinski definition) is 0. The minimum absolute atomic E-state index is 0.126. The van der Waals surface area contributed by atoms with Gasteiger partial charge in [0.1, 0.15) is 0 Å². The Balaban J connectivity index is 1.78. The summed E-state index contributed by atoms with van der Waals surface area (Å²) in [6, 6.07) is 8.38. The van der Waals surface area contributed by atoms with E-state index in [1.807, 2.05) is 0 Å².